The molecule has 0 radical (unpaired) electrons. The molecule has 0 heterocycles. The Bertz CT molecular complexity index is 959. The summed E-state index contributed by atoms with van der Waals surface area (Å²) in [5, 5.41) is 44.0. The molecular weight excluding hydrogens is 815 g/mol. The van der Waals surface area contributed by atoms with Crippen LogP contribution in [0, 0.1) is 0 Å². The van der Waals surface area contributed by atoms with Gasteiger partial charge < -0.3 is 25.7 Å². The van der Waals surface area contributed by atoms with Crippen LogP contribution in [0.25, 0.3) is 0 Å². The number of hydrogen-bond donors (Lipinski definition) is 5. The molecule has 4 unspecified atom stereocenters. The first-order valence-electron chi connectivity index (χ1n) is 30.1. The number of hydrogen-bond acceptors (Lipinski definition) is 5. The van der Waals surface area contributed by atoms with E-state index in [0.29, 0.717) is 12.8 Å². The van der Waals surface area contributed by atoms with Gasteiger partial charge in [-0.15, -0.1) is 0 Å². The molecule has 1 amide bonds. The fourth-order valence-electron chi connectivity index (χ4n) is 9.76. The SMILES string of the molecule is CCCCCCCCCCCCCCCCCCCCCCCCCCCCC/C=C/CCCC(O)C(O)C(CO)NC(=O)C(O)CCCCCCCCCCCCCCCCCCCC. The number of rotatable bonds is 56. The predicted octanol–water partition coefficient (Wildman–Crippen LogP) is 17.6. The predicted molar refractivity (Wildman–Crippen MR) is 288 cm³/mol. The van der Waals surface area contributed by atoms with Crippen molar-refractivity contribution in [3.8, 4) is 0 Å². The molecule has 0 aromatic heterocycles. The van der Waals surface area contributed by atoms with E-state index in [1.807, 2.05) is 0 Å². The second kappa shape index (κ2) is 55.0. The fourth-order valence-corrected chi connectivity index (χ4v) is 9.76. The third-order valence-corrected chi connectivity index (χ3v) is 14.5. The summed E-state index contributed by atoms with van der Waals surface area (Å²) in [6, 6.07) is -0.999. The topological polar surface area (TPSA) is 110 Å². The van der Waals surface area contributed by atoms with Crippen molar-refractivity contribution in [2.24, 2.45) is 0 Å². The molecule has 0 aliphatic carbocycles. The van der Waals surface area contributed by atoms with Gasteiger partial charge in [0, 0.05) is 0 Å². The van der Waals surface area contributed by atoms with E-state index in [1.54, 1.807) is 0 Å². The zero-order chi connectivity index (χ0) is 48.1. The van der Waals surface area contributed by atoms with E-state index >= 15 is 0 Å². The van der Waals surface area contributed by atoms with Crippen LogP contribution in [0.4, 0.5) is 0 Å². The highest BCUT2D eigenvalue weighted by Gasteiger charge is 2.28. The minimum absolute atomic E-state index is 0.368. The number of aliphatic hydroxyl groups excluding tert-OH is 4. The molecule has 5 N–H and O–H groups in total. The van der Waals surface area contributed by atoms with Crippen LogP contribution in [0.2, 0.25) is 0 Å². The first kappa shape index (κ1) is 65.0. The lowest BCUT2D eigenvalue weighted by Gasteiger charge is -2.27. The molecule has 0 aliphatic rings. The molecule has 0 fully saturated rings. The third-order valence-electron chi connectivity index (χ3n) is 14.5. The van der Waals surface area contributed by atoms with Crippen molar-refractivity contribution in [2.45, 2.75) is 359 Å². The van der Waals surface area contributed by atoms with Crippen molar-refractivity contribution in [1.82, 2.24) is 5.32 Å². The first-order valence-corrected chi connectivity index (χ1v) is 30.1. The summed E-state index contributed by atoms with van der Waals surface area (Å²) in [6.45, 7) is 4.09. The summed E-state index contributed by atoms with van der Waals surface area (Å²) >= 11 is 0. The molecule has 0 aromatic rings. The molecule has 0 saturated heterocycles. The highest BCUT2D eigenvalue weighted by Crippen LogP contribution is 2.19. The molecule has 0 saturated carbocycles. The minimum atomic E-state index is -1.28. The van der Waals surface area contributed by atoms with Gasteiger partial charge in [0.2, 0.25) is 5.91 Å². The minimum Gasteiger partial charge on any atom is -0.394 e. The van der Waals surface area contributed by atoms with Gasteiger partial charge in [0.1, 0.15) is 12.2 Å². The fraction of sp³-hybridized carbons (Fsp3) is 0.950. The molecular formula is C60H119NO5. The average Bonchev–Trinajstić information content (AvgIpc) is 3.32. The Morgan fingerprint density at radius 3 is 0.909 bits per heavy atom. The molecule has 6 nitrogen and oxygen atoms in total. The Labute approximate surface area is 412 Å². The molecule has 0 aliphatic heterocycles. The van der Waals surface area contributed by atoms with Gasteiger partial charge >= 0.3 is 0 Å². The number of allylic oxidation sites excluding steroid dienone is 2. The number of aliphatic hydroxyl groups is 4. The van der Waals surface area contributed by atoms with E-state index in [1.165, 1.54) is 270 Å². The van der Waals surface area contributed by atoms with Crippen molar-refractivity contribution in [2.75, 3.05) is 6.61 Å². The van der Waals surface area contributed by atoms with Crippen molar-refractivity contribution < 1.29 is 25.2 Å². The lowest BCUT2D eigenvalue weighted by atomic mass is 10.00. The zero-order valence-corrected chi connectivity index (χ0v) is 44.7. The highest BCUT2D eigenvalue weighted by molar-refractivity contribution is 5.80. The summed E-state index contributed by atoms with van der Waals surface area (Å²) < 4.78 is 0. The Morgan fingerprint density at radius 2 is 0.621 bits per heavy atom. The average molecular weight is 935 g/mol. The van der Waals surface area contributed by atoms with Gasteiger partial charge in [0.15, 0.2) is 0 Å². The number of carbonyl (C=O) groups is 1. The summed E-state index contributed by atoms with van der Waals surface area (Å²) in [4.78, 5) is 12.6. The number of carbonyl (C=O) groups excluding carboxylic acids is 1. The van der Waals surface area contributed by atoms with Crippen molar-refractivity contribution in [3.05, 3.63) is 12.2 Å². The van der Waals surface area contributed by atoms with Crippen molar-refractivity contribution >= 4 is 5.91 Å². The second-order valence-corrected chi connectivity index (χ2v) is 21.1. The Kier molecular flexibility index (Phi) is 54.2. The van der Waals surface area contributed by atoms with Crippen LogP contribution < -0.4 is 5.32 Å². The second-order valence-electron chi connectivity index (χ2n) is 21.1. The van der Waals surface area contributed by atoms with Gasteiger partial charge in [-0.2, -0.15) is 0 Å². The highest BCUT2D eigenvalue weighted by atomic mass is 16.3. The Morgan fingerprint density at radius 1 is 0.364 bits per heavy atom. The van der Waals surface area contributed by atoms with E-state index in [0.717, 1.165) is 38.5 Å². The largest absolute Gasteiger partial charge is 0.394 e. The van der Waals surface area contributed by atoms with Crippen LogP contribution in [0.1, 0.15) is 335 Å². The molecule has 66 heavy (non-hydrogen) atoms. The standard InChI is InChI=1S/C60H119NO5/c1-3-5-7-9-11-13-15-17-19-21-23-24-25-26-27-28-29-30-31-32-33-34-35-36-38-39-41-43-45-47-49-51-53-57(63)59(65)56(55-62)61-60(66)58(64)54-52-50-48-46-44-42-40-37-22-20-18-16-14-12-10-8-6-4-2/h45,47,56-59,62-65H,3-44,46,48-55H2,1-2H3,(H,61,66)/b47-45+. The molecule has 0 rings (SSSR count). The van der Waals surface area contributed by atoms with Crippen LogP contribution >= 0.6 is 0 Å². The lowest BCUT2D eigenvalue weighted by Crippen LogP contribution is -2.53. The molecule has 6 heteroatoms. The summed E-state index contributed by atoms with van der Waals surface area (Å²) in [5.41, 5.74) is 0. The van der Waals surface area contributed by atoms with Gasteiger partial charge in [-0.1, -0.05) is 309 Å². The normalized spacial score (nSPS) is 13.7. The van der Waals surface area contributed by atoms with E-state index < -0.39 is 36.9 Å². The van der Waals surface area contributed by atoms with Crippen LogP contribution in [0.3, 0.4) is 0 Å². The van der Waals surface area contributed by atoms with Crippen LogP contribution in [-0.4, -0.2) is 57.3 Å². The molecule has 0 aromatic carbocycles. The van der Waals surface area contributed by atoms with Crippen molar-refractivity contribution in [1.29, 1.82) is 0 Å². The Hall–Kier alpha value is -0.950. The number of amides is 1. The van der Waals surface area contributed by atoms with E-state index in [9.17, 15) is 25.2 Å². The third kappa shape index (κ3) is 48.1. The van der Waals surface area contributed by atoms with Crippen molar-refractivity contribution in [3.63, 3.8) is 0 Å². The van der Waals surface area contributed by atoms with E-state index in [2.05, 4.69) is 31.3 Å². The molecule has 0 bridgehead atoms. The van der Waals surface area contributed by atoms with Gasteiger partial charge in [0.05, 0.1) is 18.8 Å². The van der Waals surface area contributed by atoms with Crippen LogP contribution in [0.5, 0.6) is 0 Å². The molecule has 394 valence electrons. The van der Waals surface area contributed by atoms with Gasteiger partial charge in [-0.25, -0.2) is 0 Å². The zero-order valence-electron chi connectivity index (χ0n) is 44.7. The maximum atomic E-state index is 12.6. The summed E-state index contributed by atoms with van der Waals surface area (Å²) in [7, 11) is 0. The van der Waals surface area contributed by atoms with Gasteiger partial charge in [0.25, 0.3) is 0 Å². The maximum Gasteiger partial charge on any atom is 0.249 e. The van der Waals surface area contributed by atoms with Crippen LogP contribution in [-0.2, 0) is 4.79 Å². The maximum absolute atomic E-state index is 12.6. The Balaban J connectivity index is 3.57. The number of unbranched alkanes of at least 4 members (excludes halogenated alkanes) is 45. The summed E-state index contributed by atoms with van der Waals surface area (Å²) in [5.74, 6) is -0.587. The van der Waals surface area contributed by atoms with Gasteiger partial charge in [-0.3, -0.25) is 4.79 Å². The van der Waals surface area contributed by atoms with Crippen LogP contribution in [0.15, 0.2) is 12.2 Å². The molecule has 0 spiro atoms. The van der Waals surface area contributed by atoms with E-state index in [4.69, 9.17) is 0 Å². The van der Waals surface area contributed by atoms with E-state index in [-0.39, 0.29) is 0 Å². The lowest BCUT2D eigenvalue weighted by molar-refractivity contribution is -0.132. The number of nitrogens with one attached hydrogen (secondary N) is 1. The quantitative estimate of drug-likeness (QED) is 0.0308. The first-order chi connectivity index (χ1) is 32.5. The van der Waals surface area contributed by atoms with Gasteiger partial charge in [-0.05, 0) is 38.5 Å². The summed E-state index contributed by atoms with van der Waals surface area (Å²) in [6.07, 6.45) is 65.9. The monoisotopic (exact) mass is 934 g/mol. The smallest absolute Gasteiger partial charge is 0.249 e. The molecule has 4 atom stereocenters.